The van der Waals surface area contributed by atoms with Crippen molar-refractivity contribution < 1.29 is 0 Å². The molecule has 0 aromatic heterocycles. The van der Waals surface area contributed by atoms with Gasteiger partial charge in [0.2, 0.25) is 11.9 Å². The van der Waals surface area contributed by atoms with E-state index in [1.165, 1.54) is 0 Å². The van der Waals surface area contributed by atoms with Crippen LogP contribution in [0.2, 0.25) is 0 Å². The Morgan fingerprint density at radius 3 is 0.917 bits per heavy atom. The van der Waals surface area contributed by atoms with E-state index in [9.17, 15) is 0 Å². The smallest absolute Gasteiger partial charge is 0.239 e. The monoisotopic (exact) mass is 338 g/mol. The Labute approximate surface area is 148 Å². The number of hydrogen-bond donors (Lipinski definition) is 2. The zero-order valence-corrected chi connectivity index (χ0v) is 17.8. The zero-order chi connectivity index (χ0) is 19.4. The number of azo groups is 1. The second-order valence-corrected chi connectivity index (χ2v) is 10.2. The van der Waals surface area contributed by atoms with Crippen molar-refractivity contribution in [3.05, 3.63) is 0 Å². The van der Waals surface area contributed by atoms with E-state index in [-0.39, 0.29) is 22.2 Å². The number of guanidine groups is 2. The van der Waals surface area contributed by atoms with Crippen LogP contribution in [0.25, 0.3) is 0 Å². The Balaban J connectivity index is 5.67. The highest BCUT2D eigenvalue weighted by Crippen LogP contribution is 2.11. The van der Waals surface area contributed by atoms with Crippen LogP contribution in [0.3, 0.4) is 0 Å². The van der Waals surface area contributed by atoms with Crippen LogP contribution in [0, 0.1) is 0 Å². The summed E-state index contributed by atoms with van der Waals surface area (Å²) in [7, 11) is 0. The van der Waals surface area contributed by atoms with Crippen LogP contribution in [0.15, 0.2) is 20.2 Å². The van der Waals surface area contributed by atoms with E-state index >= 15 is 0 Å². The van der Waals surface area contributed by atoms with E-state index in [1.807, 2.05) is 41.5 Å². The predicted octanol–water partition coefficient (Wildman–Crippen LogP) is 4.52. The van der Waals surface area contributed by atoms with Gasteiger partial charge in [0.1, 0.15) is 0 Å². The predicted molar refractivity (Wildman–Crippen MR) is 105 cm³/mol. The van der Waals surface area contributed by atoms with Gasteiger partial charge in [0.15, 0.2) is 0 Å². The van der Waals surface area contributed by atoms with Crippen LogP contribution in [-0.2, 0) is 0 Å². The van der Waals surface area contributed by atoms with E-state index in [0.717, 1.165) is 0 Å². The topological polar surface area (TPSA) is 73.5 Å². The molecule has 0 aliphatic heterocycles. The van der Waals surface area contributed by atoms with Crippen molar-refractivity contribution in [1.82, 2.24) is 10.6 Å². The summed E-state index contributed by atoms with van der Waals surface area (Å²) in [5.74, 6) is 1.01. The van der Waals surface area contributed by atoms with Crippen LogP contribution in [0.1, 0.15) is 83.1 Å². The van der Waals surface area contributed by atoms with Crippen LogP contribution >= 0.6 is 0 Å². The fourth-order valence-electron chi connectivity index (χ4n) is 1.55. The lowest BCUT2D eigenvalue weighted by Crippen LogP contribution is -2.42. The molecule has 0 bridgehead atoms. The molecule has 0 saturated carbocycles. The van der Waals surface area contributed by atoms with Crippen LogP contribution in [0.4, 0.5) is 0 Å². The SMILES string of the molecule is CC(C)(C)N=C(N=NC(=NC(C)(C)C)NC(C)(C)C)NC(C)(C)C. The minimum Gasteiger partial charge on any atom is -0.349 e. The minimum atomic E-state index is -0.245. The lowest BCUT2D eigenvalue weighted by Gasteiger charge is -2.24. The largest absolute Gasteiger partial charge is 0.349 e. The number of rotatable bonds is 0. The first-order chi connectivity index (χ1) is 10.4. The number of aliphatic imine (C=N–C) groups is 2. The quantitative estimate of drug-likeness (QED) is 0.387. The molecule has 6 heteroatoms. The van der Waals surface area contributed by atoms with Crippen LogP contribution < -0.4 is 10.6 Å². The molecule has 0 aliphatic rings. The van der Waals surface area contributed by atoms with Gasteiger partial charge in [0.25, 0.3) is 0 Å². The third-order valence-electron chi connectivity index (χ3n) is 2.10. The Morgan fingerprint density at radius 1 is 0.500 bits per heavy atom. The first-order valence-electron chi connectivity index (χ1n) is 8.54. The molecule has 2 N–H and O–H groups in total. The first kappa shape index (κ1) is 22.5. The summed E-state index contributed by atoms with van der Waals surface area (Å²) >= 11 is 0. The molecule has 24 heavy (non-hydrogen) atoms. The Bertz CT molecular complexity index is 442. The van der Waals surface area contributed by atoms with Gasteiger partial charge in [0, 0.05) is 11.1 Å². The molecule has 0 aromatic carbocycles. The molecule has 0 aliphatic carbocycles. The molecule has 0 spiro atoms. The maximum Gasteiger partial charge on any atom is 0.239 e. The number of nitrogens with zero attached hydrogens (tertiary/aromatic N) is 4. The van der Waals surface area contributed by atoms with Gasteiger partial charge in [-0.2, -0.15) is 0 Å². The summed E-state index contributed by atoms with van der Waals surface area (Å²) in [6, 6.07) is 0. The molecule has 0 heterocycles. The molecule has 0 rings (SSSR count). The average Bonchev–Trinajstić information content (AvgIpc) is 2.16. The molecule has 6 nitrogen and oxygen atoms in total. The molecule has 0 unspecified atom stereocenters. The summed E-state index contributed by atoms with van der Waals surface area (Å²) in [4.78, 5) is 9.24. The van der Waals surface area contributed by atoms with Crippen molar-refractivity contribution in [3.8, 4) is 0 Å². The maximum atomic E-state index is 4.62. The maximum absolute atomic E-state index is 4.62. The van der Waals surface area contributed by atoms with Crippen molar-refractivity contribution in [3.63, 3.8) is 0 Å². The fraction of sp³-hybridized carbons (Fsp3) is 0.889. The fourth-order valence-corrected chi connectivity index (χ4v) is 1.55. The highest BCUT2D eigenvalue weighted by Gasteiger charge is 2.18. The normalized spacial score (nSPS) is 15.8. The second kappa shape index (κ2) is 7.62. The summed E-state index contributed by atoms with van der Waals surface area (Å²) in [6.07, 6.45) is 0. The zero-order valence-electron chi connectivity index (χ0n) is 17.8. The van der Waals surface area contributed by atoms with Crippen molar-refractivity contribution in [1.29, 1.82) is 0 Å². The highest BCUT2D eigenvalue weighted by atomic mass is 15.3. The van der Waals surface area contributed by atoms with Crippen molar-refractivity contribution in [2.45, 2.75) is 105 Å². The molecule has 0 fully saturated rings. The molecule has 0 amide bonds. The van der Waals surface area contributed by atoms with E-state index in [2.05, 4.69) is 72.4 Å². The van der Waals surface area contributed by atoms with Crippen molar-refractivity contribution in [2.75, 3.05) is 0 Å². The number of hydrogen-bond acceptors (Lipinski definition) is 2. The standard InChI is InChI=1S/C18H38N6/c1-15(2,3)19-13(20-16(4,5)6)23-24-14(21-17(7,8)9)22-18(10,11)12/h1-12H3,(H,19,20)(H,21,22). The second-order valence-electron chi connectivity index (χ2n) is 10.2. The first-order valence-corrected chi connectivity index (χ1v) is 8.54. The van der Waals surface area contributed by atoms with Crippen LogP contribution in [0.5, 0.6) is 0 Å². The Hall–Kier alpha value is -1.46. The lowest BCUT2D eigenvalue weighted by atomic mass is 10.1. The summed E-state index contributed by atoms with van der Waals surface area (Å²) in [5, 5.41) is 15.3. The third-order valence-corrected chi connectivity index (χ3v) is 2.10. The molecule has 0 atom stereocenters. The van der Waals surface area contributed by atoms with Gasteiger partial charge >= 0.3 is 0 Å². The highest BCUT2D eigenvalue weighted by molar-refractivity contribution is 5.86. The van der Waals surface area contributed by atoms with Gasteiger partial charge in [-0.25, -0.2) is 9.98 Å². The van der Waals surface area contributed by atoms with Crippen LogP contribution in [-0.4, -0.2) is 34.1 Å². The summed E-state index contributed by atoms with van der Waals surface area (Å²) < 4.78 is 0. The van der Waals surface area contributed by atoms with Crippen molar-refractivity contribution in [2.24, 2.45) is 20.2 Å². The van der Waals surface area contributed by atoms with Gasteiger partial charge in [-0.1, -0.05) is 0 Å². The summed E-state index contributed by atoms with van der Waals surface area (Å²) in [5.41, 5.74) is -0.791. The van der Waals surface area contributed by atoms with Gasteiger partial charge in [-0.05, 0) is 83.1 Å². The number of nitrogens with one attached hydrogen (secondary N) is 2. The molecular weight excluding hydrogens is 300 g/mol. The van der Waals surface area contributed by atoms with Crippen molar-refractivity contribution >= 4 is 11.9 Å². The van der Waals surface area contributed by atoms with E-state index in [1.54, 1.807) is 0 Å². The minimum absolute atomic E-state index is 0.151. The van der Waals surface area contributed by atoms with Gasteiger partial charge in [0.05, 0.1) is 11.1 Å². The lowest BCUT2D eigenvalue weighted by molar-refractivity contribution is 0.492. The summed E-state index contributed by atoms with van der Waals surface area (Å²) in [6.45, 7) is 24.6. The molecule has 0 aromatic rings. The molecular formula is C18H38N6. The molecule has 0 saturated heterocycles. The van der Waals surface area contributed by atoms with Gasteiger partial charge in [-0.15, -0.1) is 10.2 Å². The molecule has 0 radical (unpaired) electrons. The van der Waals surface area contributed by atoms with Gasteiger partial charge in [-0.3, -0.25) is 0 Å². The van der Waals surface area contributed by atoms with E-state index < -0.39 is 0 Å². The average molecular weight is 339 g/mol. The van der Waals surface area contributed by atoms with Gasteiger partial charge < -0.3 is 10.6 Å². The van der Waals surface area contributed by atoms with E-state index in [4.69, 9.17) is 0 Å². The molecule has 140 valence electrons. The van der Waals surface area contributed by atoms with E-state index in [0.29, 0.717) is 11.9 Å². The third kappa shape index (κ3) is 14.2. The Kier molecular flexibility index (Phi) is 7.15. The Morgan fingerprint density at radius 2 is 0.750 bits per heavy atom.